The lowest BCUT2D eigenvalue weighted by molar-refractivity contribution is -0.118. The van der Waals surface area contributed by atoms with Crippen LogP contribution in [0.5, 0.6) is 0 Å². The summed E-state index contributed by atoms with van der Waals surface area (Å²) in [7, 11) is -3.83. The molecule has 0 aliphatic rings. The molecule has 2 aromatic carbocycles. The summed E-state index contributed by atoms with van der Waals surface area (Å²) in [6.07, 6.45) is 0.363. The number of fused-ring (bicyclic) bond motifs is 1. The zero-order chi connectivity index (χ0) is 21.2. The first kappa shape index (κ1) is 21.0. The van der Waals surface area contributed by atoms with Gasteiger partial charge in [0.15, 0.2) is 11.5 Å². The normalized spacial score (nSPS) is 13.0. The van der Waals surface area contributed by atoms with Gasteiger partial charge in [0, 0.05) is 12.6 Å². The monoisotopic (exact) mass is 415 g/mol. The molecule has 3 aromatic rings. The van der Waals surface area contributed by atoms with Crippen LogP contribution in [0.4, 0.5) is 5.69 Å². The molecule has 0 spiro atoms. The first-order valence-corrected chi connectivity index (χ1v) is 10.9. The van der Waals surface area contributed by atoms with E-state index in [1.165, 1.54) is 12.1 Å². The largest absolute Gasteiger partial charge is 0.441 e. The minimum Gasteiger partial charge on any atom is -0.441 e. The molecule has 154 valence electrons. The molecule has 1 aromatic heterocycles. The minimum absolute atomic E-state index is 0.118. The third kappa shape index (κ3) is 5.21. The predicted octanol–water partition coefficient (Wildman–Crippen LogP) is 3.78. The van der Waals surface area contributed by atoms with Crippen LogP contribution in [-0.2, 0) is 14.8 Å². The van der Waals surface area contributed by atoms with Crippen LogP contribution in [0.15, 0.2) is 51.8 Å². The molecule has 3 rings (SSSR count). The molecule has 1 unspecified atom stereocenters. The number of carbonyl (C=O) groups excluding carboxylic acids is 1. The fraction of sp³-hybridized carbons (Fsp3) is 0.333. The summed E-state index contributed by atoms with van der Waals surface area (Å²) in [5, 5.41) is 2.78. The van der Waals surface area contributed by atoms with E-state index in [0.717, 1.165) is 5.56 Å². The SMILES string of the molecule is Cc1ccc(S(=O)(=O)NC(CC(C)C)C(=O)Nc2ccc3oc(C)nc3c2)cc1. The second-order valence-corrected chi connectivity index (χ2v) is 9.24. The zero-order valence-corrected chi connectivity index (χ0v) is 17.7. The Labute approximate surface area is 170 Å². The van der Waals surface area contributed by atoms with Gasteiger partial charge in [0.05, 0.1) is 4.90 Å². The molecule has 8 heteroatoms. The molecule has 0 aliphatic heterocycles. The van der Waals surface area contributed by atoms with Gasteiger partial charge in [0.1, 0.15) is 11.6 Å². The van der Waals surface area contributed by atoms with E-state index >= 15 is 0 Å². The van der Waals surface area contributed by atoms with Gasteiger partial charge in [-0.05, 0) is 49.6 Å². The second kappa shape index (κ2) is 8.34. The van der Waals surface area contributed by atoms with Crippen LogP contribution in [0.1, 0.15) is 31.7 Å². The van der Waals surface area contributed by atoms with Crippen LogP contribution in [-0.4, -0.2) is 25.4 Å². The summed E-state index contributed by atoms with van der Waals surface area (Å²) < 4.78 is 33.5. The van der Waals surface area contributed by atoms with E-state index in [1.807, 2.05) is 20.8 Å². The van der Waals surface area contributed by atoms with Crippen molar-refractivity contribution in [1.82, 2.24) is 9.71 Å². The zero-order valence-electron chi connectivity index (χ0n) is 16.9. The molecule has 0 bridgehead atoms. The van der Waals surface area contributed by atoms with E-state index in [2.05, 4.69) is 15.0 Å². The van der Waals surface area contributed by atoms with E-state index in [1.54, 1.807) is 37.3 Å². The van der Waals surface area contributed by atoms with Crippen molar-refractivity contribution in [3.05, 3.63) is 53.9 Å². The van der Waals surface area contributed by atoms with Crippen LogP contribution in [0.3, 0.4) is 0 Å². The maximum atomic E-state index is 12.9. The van der Waals surface area contributed by atoms with Gasteiger partial charge in [-0.15, -0.1) is 0 Å². The number of nitrogens with zero attached hydrogens (tertiary/aromatic N) is 1. The van der Waals surface area contributed by atoms with Crippen LogP contribution < -0.4 is 10.0 Å². The van der Waals surface area contributed by atoms with Gasteiger partial charge in [-0.3, -0.25) is 4.79 Å². The summed E-state index contributed by atoms with van der Waals surface area (Å²) in [5.74, 6) is 0.230. The Balaban J connectivity index is 1.80. The molecule has 29 heavy (non-hydrogen) atoms. The number of carbonyl (C=O) groups is 1. The van der Waals surface area contributed by atoms with Gasteiger partial charge in [-0.25, -0.2) is 13.4 Å². The van der Waals surface area contributed by atoms with Crippen molar-refractivity contribution in [2.45, 2.75) is 45.1 Å². The van der Waals surface area contributed by atoms with Gasteiger partial charge in [0.25, 0.3) is 0 Å². The third-order valence-electron chi connectivity index (χ3n) is 4.41. The van der Waals surface area contributed by atoms with Crippen molar-refractivity contribution in [1.29, 1.82) is 0 Å². The van der Waals surface area contributed by atoms with Crippen molar-refractivity contribution >= 4 is 32.7 Å². The van der Waals surface area contributed by atoms with E-state index in [9.17, 15) is 13.2 Å². The number of hydrogen-bond acceptors (Lipinski definition) is 5. The second-order valence-electron chi connectivity index (χ2n) is 7.52. The van der Waals surface area contributed by atoms with Gasteiger partial charge >= 0.3 is 0 Å². The molecule has 2 N–H and O–H groups in total. The molecule has 1 amide bonds. The Morgan fingerprint density at radius 3 is 2.45 bits per heavy atom. The summed E-state index contributed by atoms with van der Waals surface area (Å²) in [6.45, 7) is 7.50. The average Bonchev–Trinajstić information content (AvgIpc) is 3.00. The number of aromatic nitrogens is 1. The number of sulfonamides is 1. The van der Waals surface area contributed by atoms with Gasteiger partial charge in [0.2, 0.25) is 15.9 Å². The summed E-state index contributed by atoms with van der Waals surface area (Å²) in [4.78, 5) is 17.3. The molecule has 0 saturated heterocycles. The van der Waals surface area contributed by atoms with Crippen LogP contribution in [0.25, 0.3) is 11.1 Å². The van der Waals surface area contributed by atoms with Gasteiger partial charge in [-0.2, -0.15) is 4.72 Å². The van der Waals surface area contributed by atoms with Gasteiger partial charge < -0.3 is 9.73 Å². The highest BCUT2D eigenvalue weighted by molar-refractivity contribution is 7.89. The number of nitrogens with one attached hydrogen (secondary N) is 2. The Morgan fingerprint density at radius 1 is 1.10 bits per heavy atom. The summed E-state index contributed by atoms with van der Waals surface area (Å²) >= 11 is 0. The Hall–Kier alpha value is -2.71. The van der Waals surface area contributed by atoms with E-state index < -0.39 is 22.0 Å². The summed E-state index contributed by atoms with van der Waals surface area (Å²) in [5.41, 5.74) is 2.73. The molecule has 7 nitrogen and oxygen atoms in total. The smallest absolute Gasteiger partial charge is 0.242 e. The van der Waals surface area contributed by atoms with Crippen LogP contribution in [0, 0.1) is 19.8 Å². The molecule has 0 aliphatic carbocycles. The quantitative estimate of drug-likeness (QED) is 0.612. The molecule has 1 heterocycles. The average molecular weight is 416 g/mol. The number of benzene rings is 2. The third-order valence-corrected chi connectivity index (χ3v) is 5.90. The fourth-order valence-corrected chi connectivity index (χ4v) is 4.21. The number of amides is 1. The maximum absolute atomic E-state index is 12.9. The highest BCUT2D eigenvalue weighted by Gasteiger charge is 2.26. The van der Waals surface area contributed by atoms with Crippen LogP contribution >= 0.6 is 0 Å². The Bertz CT molecular complexity index is 1120. The molecular formula is C21H25N3O4S. The molecule has 0 saturated carbocycles. The summed E-state index contributed by atoms with van der Waals surface area (Å²) in [6, 6.07) is 10.7. The van der Waals surface area contributed by atoms with E-state index in [0.29, 0.717) is 29.1 Å². The van der Waals surface area contributed by atoms with Crippen molar-refractivity contribution < 1.29 is 17.6 Å². The standard InChI is InChI=1S/C21H25N3O4S/c1-13(2)11-19(24-29(26,27)17-8-5-14(3)6-9-17)21(25)23-16-7-10-20-18(12-16)22-15(4)28-20/h5-10,12-13,19,24H,11H2,1-4H3,(H,23,25). The number of hydrogen-bond donors (Lipinski definition) is 2. The minimum atomic E-state index is -3.83. The topological polar surface area (TPSA) is 101 Å². The number of rotatable bonds is 7. The first-order chi connectivity index (χ1) is 13.6. The van der Waals surface area contributed by atoms with Crippen molar-refractivity contribution in [2.24, 2.45) is 5.92 Å². The number of anilines is 1. The lowest BCUT2D eigenvalue weighted by Crippen LogP contribution is -2.44. The highest BCUT2D eigenvalue weighted by Crippen LogP contribution is 2.21. The van der Waals surface area contributed by atoms with E-state index in [4.69, 9.17) is 4.42 Å². The molecule has 0 radical (unpaired) electrons. The van der Waals surface area contributed by atoms with Crippen molar-refractivity contribution in [3.63, 3.8) is 0 Å². The Morgan fingerprint density at radius 2 is 1.79 bits per heavy atom. The Kier molecular flexibility index (Phi) is 6.04. The van der Waals surface area contributed by atoms with Gasteiger partial charge in [-0.1, -0.05) is 31.5 Å². The highest BCUT2D eigenvalue weighted by atomic mass is 32.2. The first-order valence-electron chi connectivity index (χ1n) is 9.41. The fourth-order valence-electron chi connectivity index (χ4n) is 3.00. The maximum Gasteiger partial charge on any atom is 0.242 e. The predicted molar refractivity (Wildman–Crippen MR) is 112 cm³/mol. The van der Waals surface area contributed by atoms with Crippen molar-refractivity contribution in [3.8, 4) is 0 Å². The molecular weight excluding hydrogens is 390 g/mol. The lowest BCUT2D eigenvalue weighted by Gasteiger charge is -2.20. The number of aryl methyl sites for hydroxylation is 2. The molecule has 0 fully saturated rings. The van der Waals surface area contributed by atoms with E-state index in [-0.39, 0.29) is 10.8 Å². The van der Waals surface area contributed by atoms with Crippen molar-refractivity contribution in [2.75, 3.05) is 5.32 Å². The van der Waals surface area contributed by atoms with Crippen LogP contribution in [0.2, 0.25) is 0 Å². The lowest BCUT2D eigenvalue weighted by atomic mass is 10.0. The molecule has 1 atom stereocenters. The number of oxazole rings is 1.